The van der Waals surface area contributed by atoms with Crippen LogP contribution in [0.15, 0.2) is 24.3 Å². The topological polar surface area (TPSA) is 128 Å². The molecule has 41 heavy (non-hydrogen) atoms. The Morgan fingerprint density at radius 1 is 1.12 bits per heavy atom. The number of aromatic amines is 1. The molecule has 3 heterocycles. The molecule has 0 spiro atoms. The number of ether oxygens (including phenoxy) is 1. The first-order valence-corrected chi connectivity index (χ1v) is 15.3. The Bertz CT molecular complexity index is 1430. The molecule has 220 valence electrons. The van der Waals surface area contributed by atoms with Gasteiger partial charge in [-0.15, -0.1) is 11.3 Å². The van der Waals surface area contributed by atoms with Gasteiger partial charge in [0, 0.05) is 65.5 Å². The minimum Gasteiger partial charge on any atom is -0.444 e. The lowest BCUT2D eigenvalue weighted by atomic mass is 9.90. The van der Waals surface area contributed by atoms with E-state index < -0.39 is 11.7 Å². The highest BCUT2D eigenvalue weighted by molar-refractivity contribution is 7.13. The van der Waals surface area contributed by atoms with E-state index in [0.717, 1.165) is 60.1 Å². The van der Waals surface area contributed by atoms with Crippen molar-refractivity contribution in [3.05, 3.63) is 50.6 Å². The standard InChI is InChI=1S/C29H37ClN6O4S/c1-29(2,3)40-28(39)31-11-13-36-12-10-22-24(16-36)41-27(35-22)26(38)34-21-7-5-4-6-20(21)33-25(37)23-15-17-14-18(30)8-9-19(17)32-23/h8-9,14-15,20-21,32H,4-7,10-13,16H2,1-3H3,(H,31,39)(H,33,37)(H,34,38)/t20-,21+/m1/s1. The van der Waals surface area contributed by atoms with Gasteiger partial charge in [-0.05, 0) is 57.9 Å². The van der Waals surface area contributed by atoms with Gasteiger partial charge in [-0.25, -0.2) is 9.78 Å². The van der Waals surface area contributed by atoms with Gasteiger partial charge in [0.1, 0.15) is 11.3 Å². The van der Waals surface area contributed by atoms with Crippen molar-refractivity contribution < 1.29 is 19.1 Å². The highest BCUT2D eigenvalue weighted by atomic mass is 35.5. The molecule has 1 fully saturated rings. The Labute approximate surface area is 248 Å². The number of H-pyrrole nitrogens is 1. The molecule has 2 atom stereocenters. The van der Waals surface area contributed by atoms with Crippen LogP contribution in [0.4, 0.5) is 4.79 Å². The monoisotopic (exact) mass is 600 g/mol. The van der Waals surface area contributed by atoms with Crippen LogP contribution in [0, 0.1) is 0 Å². The summed E-state index contributed by atoms with van der Waals surface area (Å²) >= 11 is 7.51. The third-order valence-electron chi connectivity index (χ3n) is 7.33. The lowest BCUT2D eigenvalue weighted by Crippen LogP contribution is -2.53. The fourth-order valence-corrected chi connectivity index (χ4v) is 6.58. The average molecular weight is 601 g/mol. The Balaban J connectivity index is 1.15. The number of rotatable bonds is 7. The average Bonchev–Trinajstić information content (AvgIpc) is 3.52. The third-order valence-corrected chi connectivity index (χ3v) is 8.64. The van der Waals surface area contributed by atoms with Gasteiger partial charge in [0.15, 0.2) is 5.01 Å². The van der Waals surface area contributed by atoms with E-state index in [2.05, 4.69) is 30.8 Å². The predicted molar refractivity (Wildman–Crippen MR) is 160 cm³/mol. The summed E-state index contributed by atoms with van der Waals surface area (Å²) in [5, 5.41) is 11.0. The van der Waals surface area contributed by atoms with Crippen LogP contribution in [0.1, 0.15) is 77.3 Å². The molecule has 4 N–H and O–H groups in total. The number of thiazole rings is 1. The van der Waals surface area contributed by atoms with Crippen LogP contribution in [0.25, 0.3) is 10.9 Å². The normalized spacial score (nSPS) is 19.4. The van der Waals surface area contributed by atoms with Gasteiger partial charge < -0.3 is 25.7 Å². The zero-order valence-electron chi connectivity index (χ0n) is 23.6. The van der Waals surface area contributed by atoms with Crippen LogP contribution in [-0.4, -0.2) is 70.1 Å². The highest BCUT2D eigenvalue weighted by Crippen LogP contribution is 2.26. The first-order valence-electron chi connectivity index (χ1n) is 14.1. The van der Waals surface area contributed by atoms with Crippen LogP contribution >= 0.6 is 22.9 Å². The summed E-state index contributed by atoms with van der Waals surface area (Å²) in [6.45, 7) is 8.18. The van der Waals surface area contributed by atoms with Crippen molar-refractivity contribution in [1.82, 2.24) is 30.8 Å². The van der Waals surface area contributed by atoms with E-state index in [9.17, 15) is 14.4 Å². The SMILES string of the molecule is CC(C)(C)OC(=O)NCCN1CCc2nc(C(=O)N[C@H]3CCCC[C@H]3NC(=O)c3cc4cc(Cl)ccc4[nH]3)sc2C1. The number of aromatic nitrogens is 2. The Hall–Kier alpha value is -3.15. The van der Waals surface area contributed by atoms with Crippen molar-refractivity contribution in [2.75, 3.05) is 19.6 Å². The van der Waals surface area contributed by atoms with Crippen molar-refractivity contribution in [3.8, 4) is 0 Å². The second-order valence-corrected chi connectivity index (χ2v) is 13.2. The molecule has 0 saturated heterocycles. The van der Waals surface area contributed by atoms with Gasteiger partial charge in [0.2, 0.25) is 0 Å². The number of hydrogen-bond acceptors (Lipinski definition) is 7. The largest absolute Gasteiger partial charge is 0.444 e. The molecule has 1 aliphatic heterocycles. The first-order chi connectivity index (χ1) is 19.5. The molecule has 12 heteroatoms. The number of hydrogen-bond donors (Lipinski definition) is 4. The second-order valence-electron chi connectivity index (χ2n) is 11.7. The molecular weight excluding hydrogens is 564 g/mol. The molecule has 3 amide bonds. The summed E-state index contributed by atoms with van der Waals surface area (Å²) < 4.78 is 5.29. The maximum atomic E-state index is 13.3. The molecule has 0 radical (unpaired) electrons. The quantitative estimate of drug-likeness (QED) is 0.313. The molecule has 3 aromatic rings. The Morgan fingerprint density at radius 2 is 1.85 bits per heavy atom. The maximum Gasteiger partial charge on any atom is 0.407 e. The highest BCUT2D eigenvalue weighted by Gasteiger charge is 2.30. The van der Waals surface area contributed by atoms with E-state index in [-0.39, 0.29) is 23.9 Å². The van der Waals surface area contributed by atoms with E-state index in [1.807, 2.05) is 32.9 Å². The zero-order valence-corrected chi connectivity index (χ0v) is 25.2. The smallest absolute Gasteiger partial charge is 0.407 e. The fourth-order valence-electron chi connectivity index (χ4n) is 5.35. The number of carbonyl (C=O) groups excluding carboxylic acids is 3. The van der Waals surface area contributed by atoms with Crippen molar-refractivity contribution in [3.63, 3.8) is 0 Å². The van der Waals surface area contributed by atoms with Gasteiger partial charge in [-0.2, -0.15) is 0 Å². The van der Waals surface area contributed by atoms with Gasteiger partial charge in [-0.1, -0.05) is 24.4 Å². The van der Waals surface area contributed by atoms with Crippen molar-refractivity contribution in [2.24, 2.45) is 0 Å². The van der Waals surface area contributed by atoms with Gasteiger partial charge in [0.05, 0.1) is 5.69 Å². The number of amides is 3. The number of carbonyl (C=O) groups is 3. The maximum absolute atomic E-state index is 13.3. The minimum absolute atomic E-state index is 0.169. The van der Waals surface area contributed by atoms with Crippen molar-refractivity contribution >= 4 is 51.7 Å². The van der Waals surface area contributed by atoms with E-state index in [1.54, 1.807) is 12.1 Å². The minimum atomic E-state index is -0.528. The number of nitrogens with one attached hydrogen (secondary N) is 4. The summed E-state index contributed by atoms with van der Waals surface area (Å²) in [4.78, 5) is 49.4. The molecule has 0 bridgehead atoms. The second kappa shape index (κ2) is 12.4. The summed E-state index contributed by atoms with van der Waals surface area (Å²) in [7, 11) is 0. The molecule has 2 aliphatic rings. The summed E-state index contributed by atoms with van der Waals surface area (Å²) in [5.74, 6) is -0.400. The predicted octanol–water partition coefficient (Wildman–Crippen LogP) is 4.63. The lowest BCUT2D eigenvalue weighted by molar-refractivity contribution is 0.0521. The number of halogens is 1. The van der Waals surface area contributed by atoms with E-state index in [0.29, 0.717) is 35.4 Å². The fraction of sp³-hybridized carbons (Fsp3) is 0.517. The molecule has 1 aromatic carbocycles. The van der Waals surface area contributed by atoms with E-state index in [4.69, 9.17) is 16.3 Å². The Morgan fingerprint density at radius 3 is 2.59 bits per heavy atom. The van der Waals surface area contributed by atoms with Crippen LogP contribution in [0.2, 0.25) is 5.02 Å². The summed E-state index contributed by atoms with van der Waals surface area (Å²) in [5.41, 5.74) is 1.75. The number of fused-ring (bicyclic) bond motifs is 2. The van der Waals surface area contributed by atoms with Crippen molar-refractivity contribution in [2.45, 2.75) is 77.1 Å². The molecular formula is C29H37ClN6O4S. The first kappa shape index (κ1) is 29.3. The summed E-state index contributed by atoms with van der Waals surface area (Å²) in [6.07, 6.45) is 3.90. The molecule has 0 unspecified atom stereocenters. The summed E-state index contributed by atoms with van der Waals surface area (Å²) in [6, 6.07) is 6.91. The van der Waals surface area contributed by atoms with Crippen molar-refractivity contribution in [1.29, 1.82) is 0 Å². The third kappa shape index (κ3) is 7.58. The molecule has 5 rings (SSSR count). The molecule has 10 nitrogen and oxygen atoms in total. The van der Waals surface area contributed by atoms with Crippen LogP contribution < -0.4 is 16.0 Å². The number of alkyl carbamates (subject to hydrolysis) is 1. The van der Waals surface area contributed by atoms with Crippen LogP contribution in [0.3, 0.4) is 0 Å². The zero-order chi connectivity index (χ0) is 29.1. The van der Waals surface area contributed by atoms with E-state index in [1.165, 1.54) is 11.3 Å². The van der Waals surface area contributed by atoms with Crippen LogP contribution in [0.5, 0.6) is 0 Å². The molecule has 1 aliphatic carbocycles. The van der Waals surface area contributed by atoms with Gasteiger partial charge in [-0.3, -0.25) is 14.5 Å². The number of nitrogens with zero attached hydrogens (tertiary/aromatic N) is 2. The van der Waals surface area contributed by atoms with Gasteiger partial charge >= 0.3 is 6.09 Å². The van der Waals surface area contributed by atoms with Crippen LogP contribution in [-0.2, 0) is 17.7 Å². The lowest BCUT2D eigenvalue weighted by Gasteiger charge is -2.32. The number of benzene rings is 1. The van der Waals surface area contributed by atoms with E-state index >= 15 is 0 Å². The van der Waals surface area contributed by atoms with Gasteiger partial charge in [0.25, 0.3) is 11.8 Å². The molecule has 1 saturated carbocycles. The Kier molecular flexibility index (Phi) is 8.86. The molecule has 2 aromatic heterocycles.